The zero-order valence-electron chi connectivity index (χ0n) is 10.7. The summed E-state index contributed by atoms with van der Waals surface area (Å²) >= 11 is 6.30. The summed E-state index contributed by atoms with van der Waals surface area (Å²) in [5, 5.41) is 4.27. The Morgan fingerprint density at radius 3 is 2.53 bits per heavy atom. The third-order valence-corrected chi connectivity index (χ3v) is 3.76. The van der Waals surface area contributed by atoms with Crippen LogP contribution in [0.2, 0.25) is 5.02 Å². The van der Waals surface area contributed by atoms with Gasteiger partial charge in [0.2, 0.25) is 0 Å². The topological polar surface area (TPSA) is 15.3 Å². The molecule has 2 rings (SSSR count). The molecule has 94 valence electrons. The Balaban J connectivity index is 2.10. The third kappa shape index (κ3) is 3.21. The second-order valence-corrected chi connectivity index (χ2v) is 5.80. The Labute approximate surface area is 109 Å². The summed E-state index contributed by atoms with van der Waals surface area (Å²) in [6.07, 6.45) is 0. The van der Waals surface area contributed by atoms with Crippen molar-refractivity contribution >= 4 is 11.6 Å². The van der Waals surface area contributed by atoms with Crippen LogP contribution in [0.15, 0.2) is 24.3 Å². The molecule has 2 nitrogen and oxygen atoms in total. The molecule has 1 heterocycles. The molecule has 0 aliphatic carbocycles. The average molecular weight is 253 g/mol. The highest BCUT2D eigenvalue weighted by Gasteiger charge is 2.26. The first-order valence-electron chi connectivity index (χ1n) is 6.28. The molecule has 0 aromatic heterocycles. The van der Waals surface area contributed by atoms with Gasteiger partial charge >= 0.3 is 0 Å². The Kier molecular flexibility index (Phi) is 4.08. The fourth-order valence-electron chi connectivity index (χ4n) is 2.52. The molecule has 1 aliphatic rings. The molecule has 1 saturated heterocycles. The quantitative estimate of drug-likeness (QED) is 0.890. The third-order valence-electron chi connectivity index (χ3n) is 3.43. The molecule has 1 N–H and O–H groups in total. The molecule has 1 aromatic carbocycles. The van der Waals surface area contributed by atoms with Gasteiger partial charge in [0.05, 0.1) is 0 Å². The summed E-state index contributed by atoms with van der Waals surface area (Å²) in [6, 6.07) is 8.19. The van der Waals surface area contributed by atoms with Gasteiger partial charge in [-0.2, -0.15) is 0 Å². The van der Waals surface area contributed by atoms with E-state index in [4.69, 9.17) is 11.6 Å². The van der Waals surface area contributed by atoms with Crippen LogP contribution < -0.4 is 5.32 Å². The van der Waals surface area contributed by atoms with Crippen LogP contribution in [0, 0.1) is 0 Å². The second-order valence-electron chi connectivity index (χ2n) is 5.39. The molecular weight excluding hydrogens is 232 g/mol. The maximum Gasteiger partial charge on any atom is 0.0443 e. The molecule has 1 aromatic rings. The molecule has 0 unspecified atom stereocenters. The zero-order chi connectivity index (χ0) is 12.3. The molecule has 0 radical (unpaired) electrons. The maximum atomic E-state index is 6.30. The van der Waals surface area contributed by atoms with Gasteiger partial charge in [-0.1, -0.05) is 43.6 Å². The number of piperazine rings is 1. The van der Waals surface area contributed by atoms with Crippen LogP contribution in [-0.2, 0) is 5.41 Å². The number of hydrogen-bond donors (Lipinski definition) is 1. The van der Waals surface area contributed by atoms with Crippen molar-refractivity contribution < 1.29 is 0 Å². The molecule has 0 saturated carbocycles. The van der Waals surface area contributed by atoms with Crippen molar-refractivity contribution in [3.05, 3.63) is 34.9 Å². The van der Waals surface area contributed by atoms with E-state index in [1.807, 2.05) is 12.1 Å². The van der Waals surface area contributed by atoms with Crippen LogP contribution >= 0.6 is 11.6 Å². The lowest BCUT2D eigenvalue weighted by molar-refractivity contribution is 0.200. The van der Waals surface area contributed by atoms with Crippen LogP contribution in [0.4, 0.5) is 0 Å². The van der Waals surface area contributed by atoms with Gasteiger partial charge in [-0.25, -0.2) is 0 Å². The van der Waals surface area contributed by atoms with Crippen LogP contribution in [0.25, 0.3) is 0 Å². The first-order valence-corrected chi connectivity index (χ1v) is 6.65. The minimum absolute atomic E-state index is 0.107. The molecule has 17 heavy (non-hydrogen) atoms. The number of hydrogen-bond acceptors (Lipinski definition) is 2. The van der Waals surface area contributed by atoms with Crippen molar-refractivity contribution in [3.63, 3.8) is 0 Å². The molecule has 0 atom stereocenters. The van der Waals surface area contributed by atoms with Crippen LogP contribution in [-0.4, -0.2) is 37.6 Å². The fraction of sp³-hybridized carbons (Fsp3) is 0.571. The van der Waals surface area contributed by atoms with Gasteiger partial charge in [0.15, 0.2) is 0 Å². The minimum Gasteiger partial charge on any atom is -0.314 e. The molecule has 3 heteroatoms. The monoisotopic (exact) mass is 252 g/mol. The second kappa shape index (κ2) is 5.38. The molecule has 0 amide bonds. The summed E-state index contributed by atoms with van der Waals surface area (Å²) in [5.74, 6) is 0. The SMILES string of the molecule is CC(C)(CN1CCNCC1)c1ccccc1Cl. The number of halogens is 1. The standard InChI is InChI=1S/C14H21ClN2/c1-14(2,11-17-9-7-16-8-10-17)12-5-3-4-6-13(12)15/h3-6,16H,7-11H2,1-2H3. The van der Waals surface area contributed by atoms with E-state index in [0.717, 1.165) is 37.7 Å². The number of nitrogens with zero attached hydrogens (tertiary/aromatic N) is 1. The molecule has 1 aliphatic heterocycles. The Bertz CT molecular complexity index is 370. The van der Waals surface area contributed by atoms with Gasteiger partial charge in [-0.3, -0.25) is 4.90 Å². The van der Waals surface area contributed by atoms with Gasteiger partial charge in [0, 0.05) is 43.2 Å². The molecule has 0 bridgehead atoms. The fourth-order valence-corrected chi connectivity index (χ4v) is 2.92. The molecular formula is C14H21ClN2. The minimum atomic E-state index is 0.107. The van der Waals surface area contributed by atoms with E-state index in [-0.39, 0.29) is 5.41 Å². The van der Waals surface area contributed by atoms with Crippen molar-refractivity contribution in [2.45, 2.75) is 19.3 Å². The Hall–Kier alpha value is -0.570. The predicted octanol–water partition coefficient (Wildman–Crippen LogP) is 2.52. The van der Waals surface area contributed by atoms with Gasteiger partial charge in [0.25, 0.3) is 0 Å². The van der Waals surface area contributed by atoms with Crippen molar-refractivity contribution in [3.8, 4) is 0 Å². The smallest absolute Gasteiger partial charge is 0.0443 e. The predicted molar refractivity (Wildman–Crippen MR) is 73.8 cm³/mol. The number of nitrogens with one attached hydrogen (secondary N) is 1. The molecule has 0 spiro atoms. The first kappa shape index (κ1) is 12.9. The largest absolute Gasteiger partial charge is 0.314 e. The van der Waals surface area contributed by atoms with E-state index in [2.05, 4.69) is 36.2 Å². The highest BCUT2D eigenvalue weighted by molar-refractivity contribution is 6.31. The summed E-state index contributed by atoms with van der Waals surface area (Å²) < 4.78 is 0. The first-order chi connectivity index (χ1) is 8.09. The van der Waals surface area contributed by atoms with E-state index in [0.29, 0.717) is 0 Å². The van der Waals surface area contributed by atoms with Crippen molar-refractivity contribution in [2.75, 3.05) is 32.7 Å². The van der Waals surface area contributed by atoms with Crippen molar-refractivity contribution in [1.29, 1.82) is 0 Å². The summed E-state index contributed by atoms with van der Waals surface area (Å²) in [4.78, 5) is 2.51. The number of benzene rings is 1. The van der Waals surface area contributed by atoms with E-state index < -0.39 is 0 Å². The normalized spacial score (nSPS) is 18.3. The average Bonchev–Trinajstić information content (AvgIpc) is 2.30. The Morgan fingerprint density at radius 2 is 1.88 bits per heavy atom. The van der Waals surface area contributed by atoms with E-state index in [1.165, 1.54) is 5.56 Å². The summed E-state index contributed by atoms with van der Waals surface area (Å²) in [6.45, 7) is 10.1. The zero-order valence-corrected chi connectivity index (χ0v) is 11.4. The van der Waals surface area contributed by atoms with Crippen LogP contribution in [0.5, 0.6) is 0 Å². The van der Waals surface area contributed by atoms with Crippen LogP contribution in [0.3, 0.4) is 0 Å². The molecule has 1 fully saturated rings. The van der Waals surface area contributed by atoms with Crippen molar-refractivity contribution in [1.82, 2.24) is 10.2 Å². The maximum absolute atomic E-state index is 6.30. The highest BCUT2D eigenvalue weighted by Crippen LogP contribution is 2.30. The summed E-state index contributed by atoms with van der Waals surface area (Å²) in [7, 11) is 0. The summed E-state index contributed by atoms with van der Waals surface area (Å²) in [5.41, 5.74) is 1.36. The van der Waals surface area contributed by atoms with Gasteiger partial charge in [0.1, 0.15) is 0 Å². The lowest BCUT2D eigenvalue weighted by atomic mass is 9.84. The lowest BCUT2D eigenvalue weighted by Crippen LogP contribution is -2.48. The van der Waals surface area contributed by atoms with Gasteiger partial charge in [-0.15, -0.1) is 0 Å². The van der Waals surface area contributed by atoms with E-state index in [9.17, 15) is 0 Å². The van der Waals surface area contributed by atoms with E-state index in [1.54, 1.807) is 0 Å². The lowest BCUT2D eigenvalue weighted by Gasteiger charge is -2.35. The van der Waals surface area contributed by atoms with Gasteiger partial charge < -0.3 is 5.32 Å². The highest BCUT2D eigenvalue weighted by atomic mass is 35.5. The van der Waals surface area contributed by atoms with Crippen molar-refractivity contribution in [2.24, 2.45) is 0 Å². The number of rotatable bonds is 3. The Morgan fingerprint density at radius 1 is 1.24 bits per heavy atom. The van der Waals surface area contributed by atoms with E-state index >= 15 is 0 Å². The van der Waals surface area contributed by atoms with Crippen LogP contribution in [0.1, 0.15) is 19.4 Å². The van der Waals surface area contributed by atoms with Gasteiger partial charge in [-0.05, 0) is 11.6 Å².